The van der Waals surface area contributed by atoms with Gasteiger partial charge in [-0.05, 0) is 23.3 Å². The van der Waals surface area contributed by atoms with E-state index in [1.807, 2.05) is 12.1 Å². The first-order valence-corrected chi connectivity index (χ1v) is 9.44. The Hall–Kier alpha value is -3.80. The van der Waals surface area contributed by atoms with Crippen molar-refractivity contribution in [2.45, 2.75) is 11.8 Å². The molecule has 3 heterocycles. The Labute approximate surface area is 166 Å². The van der Waals surface area contributed by atoms with E-state index in [1.54, 1.807) is 6.26 Å². The maximum atomic E-state index is 5.65. The van der Waals surface area contributed by atoms with Crippen molar-refractivity contribution < 1.29 is 13.9 Å². The van der Waals surface area contributed by atoms with Gasteiger partial charge < -0.3 is 13.9 Å². The number of benzene rings is 2. The smallest absolute Gasteiger partial charge is 0.231 e. The number of rotatable bonds is 3. The summed E-state index contributed by atoms with van der Waals surface area (Å²) in [6, 6.07) is 16.7. The Bertz CT molecular complexity index is 1210. The van der Waals surface area contributed by atoms with Crippen molar-refractivity contribution in [2.75, 3.05) is 6.79 Å². The molecule has 0 amide bonds. The van der Waals surface area contributed by atoms with Crippen molar-refractivity contribution in [1.29, 1.82) is 0 Å². The van der Waals surface area contributed by atoms with Crippen LogP contribution in [-0.2, 0) is 11.8 Å². The lowest BCUT2D eigenvalue weighted by molar-refractivity contribution is 0.174. The van der Waals surface area contributed by atoms with Gasteiger partial charge in [0.2, 0.25) is 6.79 Å². The highest BCUT2D eigenvalue weighted by Crippen LogP contribution is 2.45. The third-order valence-corrected chi connectivity index (χ3v) is 5.72. The number of aromatic nitrogens is 3. The van der Waals surface area contributed by atoms with Crippen LogP contribution >= 0.6 is 0 Å². The highest BCUT2D eigenvalue weighted by Gasteiger charge is 2.37. The largest absolute Gasteiger partial charge is 0.454 e. The van der Waals surface area contributed by atoms with Gasteiger partial charge in [-0.1, -0.05) is 48.6 Å². The van der Waals surface area contributed by atoms with E-state index in [1.165, 1.54) is 12.0 Å². The van der Waals surface area contributed by atoms with E-state index in [0.29, 0.717) is 0 Å². The van der Waals surface area contributed by atoms with Gasteiger partial charge in [-0.2, -0.15) is 5.10 Å². The molecule has 2 aliphatic rings. The molecule has 0 radical (unpaired) electrons. The fraction of sp³-hybridized carbons (Fsp3) is 0.130. The van der Waals surface area contributed by atoms with Gasteiger partial charge in [-0.25, -0.2) is 4.98 Å². The molecule has 1 atom stereocenters. The molecular formula is C23H17N3O3. The highest BCUT2D eigenvalue weighted by atomic mass is 16.7. The molecule has 4 aromatic rings. The minimum absolute atomic E-state index is 0.263. The van der Waals surface area contributed by atoms with Gasteiger partial charge in [0.25, 0.3) is 0 Å². The van der Waals surface area contributed by atoms with Crippen LogP contribution < -0.4 is 9.47 Å². The number of nitrogens with one attached hydrogen (secondary N) is 1. The van der Waals surface area contributed by atoms with E-state index in [2.05, 4.69) is 63.7 Å². The SMILES string of the molecule is C1=CC(c2ccccc2)(c2ccc3c(c2)OCO3)Cc2[nH]nc(-c3cocn3)c21. The zero-order valence-corrected chi connectivity index (χ0v) is 15.5. The predicted octanol–water partition coefficient (Wildman–Crippen LogP) is 4.35. The number of ether oxygens (including phenoxy) is 2. The van der Waals surface area contributed by atoms with Crippen LogP contribution in [0.25, 0.3) is 17.5 Å². The van der Waals surface area contributed by atoms with Crippen molar-refractivity contribution in [3.8, 4) is 22.9 Å². The summed E-state index contributed by atoms with van der Waals surface area (Å²) < 4.78 is 16.3. The summed E-state index contributed by atoms with van der Waals surface area (Å²) in [6.45, 7) is 0.263. The van der Waals surface area contributed by atoms with Crippen LogP contribution in [0.3, 0.4) is 0 Å². The van der Waals surface area contributed by atoms with Gasteiger partial charge in [-0.15, -0.1) is 0 Å². The summed E-state index contributed by atoms with van der Waals surface area (Å²) in [4.78, 5) is 4.25. The molecule has 6 rings (SSSR count). The van der Waals surface area contributed by atoms with E-state index >= 15 is 0 Å². The topological polar surface area (TPSA) is 73.2 Å². The number of fused-ring (bicyclic) bond motifs is 2. The number of nitrogens with zero attached hydrogens (tertiary/aromatic N) is 2. The van der Waals surface area contributed by atoms with E-state index in [0.717, 1.165) is 46.1 Å². The molecule has 2 aromatic heterocycles. The number of H-pyrrole nitrogens is 1. The first kappa shape index (κ1) is 16.2. The Kier molecular flexibility index (Phi) is 3.41. The van der Waals surface area contributed by atoms with Crippen molar-refractivity contribution >= 4 is 6.08 Å². The molecule has 0 spiro atoms. The molecule has 1 aliphatic heterocycles. The van der Waals surface area contributed by atoms with Crippen molar-refractivity contribution in [2.24, 2.45) is 0 Å². The molecular weight excluding hydrogens is 366 g/mol. The van der Waals surface area contributed by atoms with Crippen molar-refractivity contribution in [3.05, 3.63) is 89.6 Å². The van der Waals surface area contributed by atoms with Crippen LogP contribution in [0.1, 0.15) is 22.4 Å². The maximum Gasteiger partial charge on any atom is 0.231 e. The molecule has 29 heavy (non-hydrogen) atoms. The minimum atomic E-state index is -0.344. The minimum Gasteiger partial charge on any atom is -0.454 e. The highest BCUT2D eigenvalue weighted by molar-refractivity contribution is 5.74. The molecule has 2 aromatic carbocycles. The quantitative estimate of drug-likeness (QED) is 0.569. The van der Waals surface area contributed by atoms with Crippen LogP contribution in [0, 0.1) is 0 Å². The average Bonchev–Trinajstić information content (AvgIpc) is 3.53. The lowest BCUT2D eigenvalue weighted by Gasteiger charge is -2.34. The summed E-state index contributed by atoms with van der Waals surface area (Å²) in [6.07, 6.45) is 8.16. The summed E-state index contributed by atoms with van der Waals surface area (Å²) in [5.74, 6) is 1.57. The third kappa shape index (κ3) is 2.42. The second-order valence-electron chi connectivity index (χ2n) is 7.25. The molecule has 6 nitrogen and oxygen atoms in total. The molecule has 6 heteroatoms. The molecule has 142 valence electrons. The maximum absolute atomic E-state index is 5.65. The number of allylic oxidation sites excluding steroid dienone is 1. The molecule has 1 unspecified atom stereocenters. The Morgan fingerprint density at radius 3 is 2.72 bits per heavy atom. The van der Waals surface area contributed by atoms with E-state index in [4.69, 9.17) is 13.9 Å². The number of hydrogen-bond acceptors (Lipinski definition) is 5. The standard InChI is InChI=1S/C23H17N3O3/c1-2-4-15(5-3-1)23(16-6-7-20-21(10-16)29-14-28-20)9-8-17-18(11-23)25-26-22(17)19-12-27-13-24-19/h1-10,12-13H,11,14H2,(H,25,26). The number of hydrogen-bond donors (Lipinski definition) is 1. The van der Waals surface area contributed by atoms with E-state index in [-0.39, 0.29) is 12.2 Å². The van der Waals surface area contributed by atoms with Crippen molar-refractivity contribution in [3.63, 3.8) is 0 Å². The van der Waals surface area contributed by atoms with Gasteiger partial charge in [-0.3, -0.25) is 5.10 Å². The summed E-state index contributed by atoms with van der Waals surface area (Å²) >= 11 is 0. The summed E-state index contributed by atoms with van der Waals surface area (Å²) in [5, 5.41) is 7.73. The van der Waals surface area contributed by atoms with Crippen LogP contribution in [0.5, 0.6) is 11.5 Å². The average molecular weight is 383 g/mol. The fourth-order valence-corrected chi connectivity index (χ4v) is 4.26. The van der Waals surface area contributed by atoms with Gasteiger partial charge in [0.1, 0.15) is 17.7 Å². The first-order valence-electron chi connectivity index (χ1n) is 9.44. The lowest BCUT2D eigenvalue weighted by Crippen LogP contribution is -2.30. The zero-order chi connectivity index (χ0) is 19.3. The van der Waals surface area contributed by atoms with Gasteiger partial charge in [0.05, 0.1) is 0 Å². The second kappa shape index (κ2) is 6.10. The summed E-state index contributed by atoms with van der Waals surface area (Å²) in [7, 11) is 0. The Morgan fingerprint density at radius 2 is 1.86 bits per heavy atom. The fourth-order valence-electron chi connectivity index (χ4n) is 4.26. The predicted molar refractivity (Wildman–Crippen MR) is 107 cm³/mol. The van der Waals surface area contributed by atoms with Crippen molar-refractivity contribution in [1.82, 2.24) is 15.2 Å². The van der Waals surface area contributed by atoms with Gasteiger partial charge in [0, 0.05) is 23.1 Å². The van der Waals surface area contributed by atoms with Gasteiger partial charge in [0.15, 0.2) is 17.9 Å². The number of oxazole rings is 1. The third-order valence-electron chi connectivity index (χ3n) is 5.72. The van der Waals surface area contributed by atoms with Gasteiger partial charge >= 0.3 is 0 Å². The molecule has 1 N–H and O–H groups in total. The lowest BCUT2D eigenvalue weighted by atomic mass is 9.68. The Morgan fingerprint density at radius 1 is 0.966 bits per heavy atom. The van der Waals surface area contributed by atoms with E-state index in [9.17, 15) is 0 Å². The van der Waals surface area contributed by atoms with Crippen LogP contribution in [-0.4, -0.2) is 22.0 Å². The Balaban J connectivity index is 1.51. The second-order valence-corrected chi connectivity index (χ2v) is 7.25. The molecule has 0 saturated carbocycles. The molecule has 1 aliphatic carbocycles. The van der Waals surface area contributed by atoms with E-state index < -0.39 is 0 Å². The van der Waals surface area contributed by atoms with Crippen LogP contribution in [0.2, 0.25) is 0 Å². The van der Waals surface area contributed by atoms with Crippen LogP contribution in [0.4, 0.5) is 0 Å². The first-order chi connectivity index (χ1) is 14.3. The molecule has 0 saturated heterocycles. The van der Waals surface area contributed by atoms with Crippen LogP contribution in [0.15, 0.2) is 71.7 Å². The zero-order valence-electron chi connectivity index (χ0n) is 15.5. The molecule has 0 fully saturated rings. The summed E-state index contributed by atoms with van der Waals surface area (Å²) in [5.41, 5.74) is 5.65. The monoisotopic (exact) mass is 383 g/mol. The molecule has 0 bridgehead atoms. The normalized spacial score (nSPS) is 19.3. The number of aromatic amines is 1.